The fourth-order valence-electron chi connectivity index (χ4n) is 1.82. The van der Waals surface area contributed by atoms with Gasteiger partial charge in [0.25, 0.3) is 0 Å². The molecule has 0 bridgehead atoms. The molecule has 0 aliphatic carbocycles. The summed E-state index contributed by atoms with van der Waals surface area (Å²) in [6.07, 6.45) is 0.299. The number of anilines is 1. The van der Waals surface area contributed by atoms with Gasteiger partial charge in [-0.25, -0.2) is 0 Å². The van der Waals surface area contributed by atoms with Crippen molar-refractivity contribution in [2.75, 3.05) is 5.32 Å². The summed E-state index contributed by atoms with van der Waals surface area (Å²) < 4.78 is 0. The fourth-order valence-corrected chi connectivity index (χ4v) is 1.82. The lowest BCUT2D eigenvalue weighted by Crippen LogP contribution is -2.14. The van der Waals surface area contributed by atoms with Crippen molar-refractivity contribution in [1.82, 2.24) is 0 Å². The van der Waals surface area contributed by atoms with Crippen molar-refractivity contribution in [2.45, 2.75) is 20.3 Å². The Morgan fingerprint density at radius 1 is 1.05 bits per heavy atom. The lowest BCUT2D eigenvalue weighted by Gasteiger charge is -2.08. The van der Waals surface area contributed by atoms with E-state index in [0.29, 0.717) is 6.42 Å². The molecular weight excluding hydrogens is 238 g/mol. The third kappa shape index (κ3) is 3.58. The molecule has 0 heterocycles. The molecule has 0 saturated heterocycles. The zero-order valence-corrected chi connectivity index (χ0v) is 11.1. The Morgan fingerprint density at radius 3 is 2.37 bits per heavy atom. The number of nitrogens with one attached hydrogen (secondary N) is 1. The minimum absolute atomic E-state index is 0.0612. The minimum atomic E-state index is -0.0612. The Hall–Kier alpha value is -2.29. The maximum atomic E-state index is 11.9. The number of amides is 1. The summed E-state index contributed by atoms with van der Waals surface area (Å²) in [6.45, 7) is 4.06. The molecule has 19 heavy (non-hydrogen) atoms. The predicted octanol–water partition coefficient (Wildman–Crippen LogP) is 3.19. The van der Waals surface area contributed by atoms with Crippen LogP contribution in [0.1, 0.15) is 16.7 Å². The molecule has 98 valence electrons. The molecule has 0 spiro atoms. The zero-order valence-electron chi connectivity index (χ0n) is 11.1. The van der Waals surface area contributed by atoms with E-state index < -0.39 is 0 Å². The molecule has 0 saturated carbocycles. The number of carbonyl (C=O) groups is 1. The molecule has 3 heteroatoms. The van der Waals surface area contributed by atoms with Crippen LogP contribution in [0.2, 0.25) is 0 Å². The minimum Gasteiger partial charge on any atom is -0.508 e. The molecule has 2 aromatic carbocycles. The van der Waals surface area contributed by atoms with E-state index in [1.54, 1.807) is 24.3 Å². The monoisotopic (exact) mass is 255 g/mol. The average Bonchev–Trinajstić information content (AvgIpc) is 2.37. The van der Waals surface area contributed by atoms with Gasteiger partial charge in [-0.2, -0.15) is 0 Å². The number of aromatic hydroxyl groups is 1. The summed E-state index contributed by atoms with van der Waals surface area (Å²) in [5, 5.41) is 12.1. The van der Waals surface area contributed by atoms with Crippen molar-refractivity contribution in [1.29, 1.82) is 0 Å². The van der Waals surface area contributed by atoms with Crippen LogP contribution >= 0.6 is 0 Å². The highest BCUT2D eigenvalue weighted by atomic mass is 16.3. The van der Waals surface area contributed by atoms with Gasteiger partial charge in [-0.15, -0.1) is 0 Å². The van der Waals surface area contributed by atoms with E-state index in [4.69, 9.17) is 0 Å². The highest BCUT2D eigenvalue weighted by molar-refractivity contribution is 5.92. The van der Waals surface area contributed by atoms with Gasteiger partial charge in [0.05, 0.1) is 6.42 Å². The van der Waals surface area contributed by atoms with Gasteiger partial charge in [-0.1, -0.05) is 18.2 Å². The maximum Gasteiger partial charge on any atom is 0.228 e. The van der Waals surface area contributed by atoms with Crippen LogP contribution in [0.25, 0.3) is 0 Å². The Morgan fingerprint density at radius 2 is 1.74 bits per heavy atom. The number of benzene rings is 2. The topological polar surface area (TPSA) is 49.3 Å². The number of rotatable bonds is 3. The molecule has 0 aliphatic heterocycles. The largest absolute Gasteiger partial charge is 0.508 e. The van der Waals surface area contributed by atoms with Crippen molar-refractivity contribution < 1.29 is 9.90 Å². The van der Waals surface area contributed by atoms with E-state index in [-0.39, 0.29) is 11.7 Å². The third-order valence-corrected chi connectivity index (χ3v) is 3.09. The Kier molecular flexibility index (Phi) is 3.85. The first-order valence-corrected chi connectivity index (χ1v) is 6.19. The normalized spacial score (nSPS) is 10.2. The number of hydrogen-bond acceptors (Lipinski definition) is 2. The number of aryl methyl sites for hydroxylation is 2. The average molecular weight is 255 g/mol. The Labute approximate surface area is 112 Å². The van der Waals surface area contributed by atoms with Crippen LogP contribution in [0.15, 0.2) is 42.5 Å². The lowest BCUT2D eigenvalue weighted by atomic mass is 10.1. The number of phenols is 1. The number of phenolic OH excluding ortho intramolecular Hbond substituents is 1. The highest BCUT2D eigenvalue weighted by Crippen LogP contribution is 2.15. The summed E-state index contributed by atoms with van der Waals surface area (Å²) in [5.41, 5.74) is 4.05. The zero-order chi connectivity index (χ0) is 13.8. The van der Waals surface area contributed by atoms with Crippen molar-refractivity contribution in [3.8, 4) is 5.75 Å². The van der Waals surface area contributed by atoms with Crippen LogP contribution in [0.5, 0.6) is 5.75 Å². The molecule has 2 N–H and O–H groups in total. The van der Waals surface area contributed by atoms with Crippen LogP contribution < -0.4 is 5.32 Å². The second kappa shape index (κ2) is 5.57. The molecular formula is C16H17NO2. The van der Waals surface area contributed by atoms with E-state index in [1.165, 1.54) is 5.56 Å². The predicted molar refractivity (Wildman–Crippen MR) is 76.4 cm³/mol. The maximum absolute atomic E-state index is 11.9. The Balaban J connectivity index is 2.01. The summed E-state index contributed by atoms with van der Waals surface area (Å²) in [6, 6.07) is 12.5. The second-order valence-electron chi connectivity index (χ2n) is 4.69. The van der Waals surface area contributed by atoms with E-state index in [1.807, 2.05) is 32.0 Å². The number of carbonyl (C=O) groups excluding carboxylic acids is 1. The molecule has 2 aromatic rings. The first kappa shape index (κ1) is 13.1. The molecule has 0 fully saturated rings. The van der Waals surface area contributed by atoms with Crippen molar-refractivity contribution >= 4 is 11.6 Å². The SMILES string of the molecule is Cc1ccc(NC(=O)Cc2ccc(O)cc2)cc1C. The second-order valence-corrected chi connectivity index (χ2v) is 4.69. The van der Waals surface area contributed by atoms with E-state index >= 15 is 0 Å². The highest BCUT2D eigenvalue weighted by Gasteiger charge is 2.05. The molecule has 3 nitrogen and oxygen atoms in total. The van der Waals surface area contributed by atoms with Crippen molar-refractivity contribution in [3.05, 3.63) is 59.2 Å². The van der Waals surface area contributed by atoms with Gasteiger partial charge in [0.15, 0.2) is 0 Å². The third-order valence-electron chi connectivity index (χ3n) is 3.09. The van der Waals surface area contributed by atoms with Crippen LogP contribution in [-0.4, -0.2) is 11.0 Å². The first-order valence-electron chi connectivity index (χ1n) is 6.19. The van der Waals surface area contributed by atoms with Gasteiger partial charge in [0.2, 0.25) is 5.91 Å². The van der Waals surface area contributed by atoms with Crippen molar-refractivity contribution in [3.63, 3.8) is 0 Å². The standard InChI is InChI=1S/C16H17NO2/c1-11-3-6-14(9-12(11)2)17-16(19)10-13-4-7-15(18)8-5-13/h3-9,18H,10H2,1-2H3,(H,17,19). The van der Waals surface area contributed by atoms with Gasteiger partial charge in [0, 0.05) is 5.69 Å². The summed E-state index contributed by atoms with van der Waals surface area (Å²) in [5.74, 6) is 0.146. The lowest BCUT2D eigenvalue weighted by molar-refractivity contribution is -0.115. The number of hydrogen-bond donors (Lipinski definition) is 2. The quantitative estimate of drug-likeness (QED) is 0.885. The van der Waals surface area contributed by atoms with E-state index in [0.717, 1.165) is 16.8 Å². The first-order chi connectivity index (χ1) is 9.04. The smallest absolute Gasteiger partial charge is 0.228 e. The molecule has 0 aromatic heterocycles. The van der Waals surface area contributed by atoms with Gasteiger partial charge in [-0.05, 0) is 54.8 Å². The van der Waals surface area contributed by atoms with Gasteiger partial charge >= 0.3 is 0 Å². The summed E-state index contributed by atoms with van der Waals surface area (Å²) >= 11 is 0. The van der Waals surface area contributed by atoms with Gasteiger partial charge < -0.3 is 10.4 Å². The molecule has 0 atom stereocenters. The molecule has 0 radical (unpaired) electrons. The van der Waals surface area contributed by atoms with Gasteiger partial charge in [-0.3, -0.25) is 4.79 Å². The molecule has 1 amide bonds. The molecule has 0 aliphatic rings. The molecule has 0 unspecified atom stereocenters. The fraction of sp³-hybridized carbons (Fsp3) is 0.188. The van der Waals surface area contributed by atoms with Crippen LogP contribution in [-0.2, 0) is 11.2 Å². The van der Waals surface area contributed by atoms with E-state index in [2.05, 4.69) is 5.32 Å². The molecule has 2 rings (SSSR count). The van der Waals surface area contributed by atoms with Crippen LogP contribution in [0.4, 0.5) is 5.69 Å². The summed E-state index contributed by atoms with van der Waals surface area (Å²) in [4.78, 5) is 11.9. The van der Waals surface area contributed by atoms with Gasteiger partial charge in [0.1, 0.15) is 5.75 Å². The summed E-state index contributed by atoms with van der Waals surface area (Å²) in [7, 11) is 0. The van der Waals surface area contributed by atoms with Crippen LogP contribution in [0.3, 0.4) is 0 Å². The van der Waals surface area contributed by atoms with E-state index in [9.17, 15) is 9.90 Å². The van der Waals surface area contributed by atoms with Crippen molar-refractivity contribution in [2.24, 2.45) is 0 Å². The Bertz CT molecular complexity index is 588. The van der Waals surface area contributed by atoms with Crippen LogP contribution in [0, 0.1) is 13.8 Å².